The van der Waals surface area contributed by atoms with Crippen LogP contribution >= 0.6 is 0 Å². The highest BCUT2D eigenvalue weighted by atomic mass is 16.7. The van der Waals surface area contributed by atoms with Crippen LogP contribution in [-0.2, 0) is 43.4 Å². The lowest BCUT2D eigenvalue weighted by atomic mass is 9.95. The van der Waals surface area contributed by atoms with E-state index in [9.17, 15) is 19.2 Å². The summed E-state index contributed by atoms with van der Waals surface area (Å²) in [5.41, 5.74) is 4.17. The predicted octanol–water partition coefficient (Wildman–Crippen LogP) is 2.48. The third-order valence-electron chi connectivity index (χ3n) is 5.20. The van der Waals surface area contributed by atoms with Crippen molar-refractivity contribution in [3.05, 3.63) is 77.4 Å². The topological polar surface area (TPSA) is 84.0 Å². The Morgan fingerprint density at radius 1 is 0.800 bits per heavy atom. The number of anilines is 1. The minimum absolute atomic E-state index is 0.0982. The summed E-state index contributed by atoms with van der Waals surface area (Å²) < 4.78 is 0. The largest absolute Gasteiger partial charge is 0.333 e. The fourth-order valence-electron chi connectivity index (χ4n) is 3.66. The number of hydroxylamine groups is 2. The third kappa shape index (κ3) is 4.00. The molecule has 0 aliphatic carbocycles. The summed E-state index contributed by atoms with van der Waals surface area (Å²) in [4.78, 5) is 54.6. The summed E-state index contributed by atoms with van der Waals surface area (Å²) in [6, 6.07) is 15.8. The summed E-state index contributed by atoms with van der Waals surface area (Å²) in [5.74, 6) is -2.47. The molecule has 2 aromatic carbocycles. The Morgan fingerprint density at radius 2 is 1.40 bits per heavy atom. The number of carbonyl (C=O) groups is 4. The summed E-state index contributed by atoms with van der Waals surface area (Å²) in [6.07, 6.45) is 3.42. The number of benzene rings is 2. The molecule has 0 fully saturated rings. The smallest absolute Gasteiger partial charge is 0.330 e. The highest BCUT2D eigenvalue weighted by Gasteiger charge is 2.29. The maximum Gasteiger partial charge on any atom is 0.333 e. The van der Waals surface area contributed by atoms with Crippen LogP contribution in [0.15, 0.2) is 60.7 Å². The van der Waals surface area contributed by atoms with Gasteiger partial charge in [-0.3, -0.25) is 14.4 Å². The zero-order valence-corrected chi connectivity index (χ0v) is 16.2. The molecule has 4 rings (SSSR count). The zero-order valence-electron chi connectivity index (χ0n) is 16.2. The Labute approximate surface area is 173 Å². The van der Waals surface area contributed by atoms with Crippen LogP contribution in [0.3, 0.4) is 0 Å². The van der Waals surface area contributed by atoms with Gasteiger partial charge in [0.2, 0.25) is 5.91 Å². The molecule has 0 bridgehead atoms. The van der Waals surface area contributed by atoms with E-state index < -0.39 is 17.8 Å². The van der Waals surface area contributed by atoms with Crippen LogP contribution in [0.2, 0.25) is 0 Å². The first-order chi connectivity index (χ1) is 14.5. The number of hydrogen-bond donors (Lipinski definition) is 0. The minimum atomic E-state index is -0.811. The average molecular weight is 404 g/mol. The molecule has 0 spiro atoms. The van der Waals surface area contributed by atoms with Gasteiger partial charge in [-0.2, -0.15) is 0 Å². The molecule has 2 aliphatic rings. The normalized spacial score (nSPS) is 15.3. The first kappa shape index (κ1) is 19.6. The molecule has 2 aromatic rings. The van der Waals surface area contributed by atoms with Crippen LogP contribution in [-0.4, -0.2) is 28.8 Å². The van der Waals surface area contributed by atoms with Crippen molar-refractivity contribution in [3.63, 3.8) is 0 Å². The van der Waals surface area contributed by atoms with E-state index in [4.69, 9.17) is 4.84 Å². The molecule has 0 unspecified atom stereocenters. The van der Waals surface area contributed by atoms with Crippen LogP contribution < -0.4 is 4.90 Å². The maximum absolute atomic E-state index is 13.1. The summed E-state index contributed by atoms with van der Waals surface area (Å²) in [7, 11) is 0. The molecular formula is C23H20N2O5. The molecular weight excluding hydrogens is 384 g/mol. The van der Waals surface area contributed by atoms with Crippen molar-refractivity contribution in [2.45, 2.75) is 32.2 Å². The number of aryl methyl sites for hydroxylation is 2. The zero-order chi connectivity index (χ0) is 21.1. The molecule has 0 saturated carbocycles. The van der Waals surface area contributed by atoms with Crippen LogP contribution in [0.4, 0.5) is 5.69 Å². The fourth-order valence-corrected chi connectivity index (χ4v) is 3.66. The lowest BCUT2D eigenvalue weighted by Gasteiger charge is -2.28. The molecule has 7 nitrogen and oxygen atoms in total. The van der Waals surface area contributed by atoms with Crippen molar-refractivity contribution >= 4 is 29.4 Å². The number of nitrogens with zero attached hydrogens (tertiary/aromatic N) is 2. The number of carbonyl (C=O) groups excluding carboxylic acids is 4. The summed E-state index contributed by atoms with van der Waals surface area (Å²) in [5, 5.41) is 0.397. The summed E-state index contributed by atoms with van der Waals surface area (Å²) >= 11 is 0. The second kappa shape index (κ2) is 8.32. The second-order valence-electron chi connectivity index (χ2n) is 7.14. The Morgan fingerprint density at radius 3 is 2.13 bits per heavy atom. The Bertz CT molecular complexity index is 1040. The molecule has 7 heteroatoms. The van der Waals surface area contributed by atoms with E-state index in [0.29, 0.717) is 11.6 Å². The van der Waals surface area contributed by atoms with Crippen molar-refractivity contribution in [2.24, 2.45) is 0 Å². The highest BCUT2D eigenvalue weighted by molar-refractivity contribution is 6.12. The van der Waals surface area contributed by atoms with Gasteiger partial charge in [0.25, 0.3) is 11.8 Å². The lowest BCUT2D eigenvalue weighted by molar-refractivity contribution is -0.196. The number of fused-ring (bicyclic) bond motifs is 2. The van der Waals surface area contributed by atoms with E-state index in [1.165, 1.54) is 5.56 Å². The van der Waals surface area contributed by atoms with Crippen molar-refractivity contribution < 1.29 is 24.0 Å². The van der Waals surface area contributed by atoms with Crippen molar-refractivity contribution in [1.82, 2.24) is 5.06 Å². The molecule has 0 aromatic heterocycles. The highest BCUT2D eigenvalue weighted by Crippen LogP contribution is 2.29. The first-order valence-corrected chi connectivity index (χ1v) is 9.75. The molecule has 0 radical (unpaired) electrons. The number of rotatable bonds is 4. The third-order valence-corrected chi connectivity index (χ3v) is 5.20. The van der Waals surface area contributed by atoms with Gasteiger partial charge in [-0.25, -0.2) is 4.79 Å². The molecule has 0 atom stereocenters. The molecule has 3 amide bonds. The lowest BCUT2D eigenvalue weighted by Crippen LogP contribution is -2.35. The number of imide groups is 1. The molecule has 152 valence electrons. The van der Waals surface area contributed by atoms with Crippen molar-refractivity contribution in [3.8, 4) is 0 Å². The van der Waals surface area contributed by atoms with Crippen molar-refractivity contribution in [2.75, 3.05) is 4.90 Å². The van der Waals surface area contributed by atoms with Gasteiger partial charge in [-0.05, 0) is 35.6 Å². The minimum Gasteiger partial charge on any atom is -0.330 e. The standard InChI is InChI=1S/C23H20N2O5/c26-20(13-14-23(29)30-25-21(27)11-12-22(25)28)24-15-18-7-2-1-5-16(18)9-10-17-6-3-4-8-19(17)24/h1-8,11-12H,9-10,13-15H2. The van der Waals surface area contributed by atoms with Gasteiger partial charge in [0.15, 0.2) is 0 Å². The quantitative estimate of drug-likeness (QED) is 0.731. The van der Waals surface area contributed by atoms with Crippen LogP contribution in [0.5, 0.6) is 0 Å². The monoisotopic (exact) mass is 404 g/mol. The van der Waals surface area contributed by atoms with Gasteiger partial charge in [0.05, 0.1) is 13.0 Å². The van der Waals surface area contributed by atoms with Gasteiger partial charge < -0.3 is 9.74 Å². The second-order valence-corrected chi connectivity index (χ2v) is 7.14. The van der Waals surface area contributed by atoms with E-state index in [1.54, 1.807) is 4.90 Å². The molecule has 2 aliphatic heterocycles. The molecule has 30 heavy (non-hydrogen) atoms. The van der Waals surface area contributed by atoms with Gasteiger partial charge >= 0.3 is 5.97 Å². The molecule has 0 saturated heterocycles. The molecule has 0 N–H and O–H groups in total. The Kier molecular flexibility index (Phi) is 5.43. The SMILES string of the molecule is O=C(CCC(=O)N1Cc2ccccc2CCc2ccccc21)ON1C(=O)C=CC1=O. The van der Waals surface area contributed by atoms with E-state index in [2.05, 4.69) is 6.07 Å². The number of amides is 3. The Hall–Kier alpha value is -3.74. The first-order valence-electron chi connectivity index (χ1n) is 9.75. The summed E-state index contributed by atoms with van der Waals surface area (Å²) in [6.45, 7) is 0.411. The maximum atomic E-state index is 13.1. The van der Waals surface area contributed by atoms with E-state index in [-0.39, 0.29) is 18.7 Å². The molecule has 2 heterocycles. The predicted molar refractivity (Wildman–Crippen MR) is 108 cm³/mol. The van der Waals surface area contributed by atoms with E-state index >= 15 is 0 Å². The Balaban J connectivity index is 1.48. The van der Waals surface area contributed by atoms with Crippen LogP contribution in [0.1, 0.15) is 29.5 Å². The van der Waals surface area contributed by atoms with E-state index in [0.717, 1.165) is 41.8 Å². The average Bonchev–Trinajstić information content (AvgIpc) is 3.05. The fraction of sp³-hybridized carbons (Fsp3) is 0.217. The number of hydrogen-bond acceptors (Lipinski definition) is 5. The van der Waals surface area contributed by atoms with Crippen molar-refractivity contribution in [1.29, 1.82) is 0 Å². The number of para-hydroxylation sites is 1. The van der Waals surface area contributed by atoms with Gasteiger partial charge in [-0.1, -0.05) is 47.5 Å². The van der Waals surface area contributed by atoms with Crippen LogP contribution in [0, 0.1) is 0 Å². The van der Waals surface area contributed by atoms with Gasteiger partial charge in [0.1, 0.15) is 0 Å². The van der Waals surface area contributed by atoms with Crippen LogP contribution in [0.25, 0.3) is 0 Å². The van der Waals surface area contributed by atoms with Gasteiger partial charge in [-0.15, -0.1) is 0 Å². The van der Waals surface area contributed by atoms with E-state index in [1.807, 2.05) is 42.5 Å². The van der Waals surface area contributed by atoms with Gasteiger partial charge in [0, 0.05) is 24.3 Å².